The maximum Gasteiger partial charge on any atom is 0.220 e. The quantitative estimate of drug-likeness (QED) is 0.839. The third-order valence-corrected chi connectivity index (χ3v) is 8.26. The second-order valence-electron chi connectivity index (χ2n) is 7.01. The fourth-order valence-electron chi connectivity index (χ4n) is 3.30. The largest absolute Gasteiger partial charge is 0.223 e. The molecule has 0 radical (unpaired) electrons. The van der Waals surface area contributed by atoms with Crippen LogP contribution in [0.25, 0.3) is 0 Å². The van der Waals surface area contributed by atoms with Gasteiger partial charge in [-0.15, -0.1) is 15.7 Å². The summed E-state index contributed by atoms with van der Waals surface area (Å²) >= 11 is 1.51. The molecule has 0 atom stereocenters. The second-order valence-corrected chi connectivity index (χ2v) is 10.4. The van der Waals surface area contributed by atoms with Gasteiger partial charge in [0.05, 0.1) is 5.69 Å². The highest BCUT2D eigenvalue weighted by molar-refractivity contribution is 7.89. The van der Waals surface area contributed by atoms with E-state index in [4.69, 9.17) is 0 Å². The lowest BCUT2D eigenvalue weighted by Gasteiger charge is -2.27. The van der Waals surface area contributed by atoms with Crippen LogP contribution in [0, 0.1) is 5.41 Å². The van der Waals surface area contributed by atoms with Crippen molar-refractivity contribution in [3.63, 3.8) is 0 Å². The molecule has 3 rings (SSSR count). The molecule has 0 unspecified atom stereocenters. The zero-order valence-electron chi connectivity index (χ0n) is 13.9. The van der Waals surface area contributed by atoms with Gasteiger partial charge in [0.2, 0.25) is 5.13 Å². The first-order valence-corrected chi connectivity index (χ1v) is 10.2. The van der Waals surface area contributed by atoms with Gasteiger partial charge in [-0.2, -0.15) is 0 Å². The van der Waals surface area contributed by atoms with Crippen LogP contribution in [0.1, 0.15) is 50.1 Å². The Hall–Kier alpha value is -0.500. The van der Waals surface area contributed by atoms with Gasteiger partial charge in [0, 0.05) is 39.5 Å². The molecule has 0 N–H and O–H groups in total. The Morgan fingerprint density at radius 2 is 1.77 bits per heavy atom. The van der Waals surface area contributed by atoms with Crippen LogP contribution in [0.4, 0.5) is 5.13 Å². The minimum Gasteiger partial charge on any atom is -0.223 e. The van der Waals surface area contributed by atoms with Gasteiger partial charge in [-0.05, 0) is 43.9 Å². The number of thiazole rings is 1. The Morgan fingerprint density at radius 1 is 1.18 bits per heavy atom. The summed E-state index contributed by atoms with van der Waals surface area (Å²) in [6, 6.07) is 0. The predicted octanol–water partition coefficient (Wildman–Crippen LogP) is 3.63. The molecule has 7 heteroatoms. The van der Waals surface area contributed by atoms with Gasteiger partial charge in [-0.3, -0.25) is 0 Å². The SMILES string of the molecule is CN(C)S(=O)(=Nc1nc(C2CCC3(CC2)CC3)cs1)N(C)C. The minimum absolute atomic E-state index is 0.571. The fourth-order valence-corrected chi connectivity index (χ4v) is 5.62. The molecule has 0 amide bonds. The zero-order valence-corrected chi connectivity index (χ0v) is 15.5. The molecule has 1 heterocycles. The van der Waals surface area contributed by atoms with Crippen molar-refractivity contribution in [2.75, 3.05) is 28.2 Å². The summed E-state index contributed by atoms with van der Waals surface area (Å²) in [5.74, 6) is 0.571. The van der Waals surface area contributed by atoms with Crippen LogP contribution in [0.15, 0.2) is 9.74 Å². The highest BCUT2D eigenvalue weighted by atomic mass is 32.2. The lowest BCUT2D eigenvalue weighted by molar-refractivity contribution is 0.303. The maximum absolute atomic E-state index is 12.9. The van der Waals surface area contributed by atoms with E-state index in [9.17, 15) is 4.21 Å². The van der Waals surface area contributed by atoms with E-state index in [1.807, 2.05) is 0 Å². The molecular formula is C15H26N4OS2. The molecule has 2 aliphatic rings. The van der Waals surface area contributed by atoms with E-state index >= 15 is 0 Å². The Labute approximate surface area is 138 Å². The normalized spacial score (nSPS) is 21.7. The molecule has 0 aliphatic heterocycles. The van der Waals surface area contributed by atoms with Crippen LogP contribution in [-0.2, 0) is 10.1 Å². The molecule has 22 heavy (non-hydrogen) atoms. The number of hydrogen-bond acceptors (Lipinski definition) is 4. The van der Waals surface area contributed by atoms with E-state index in [1.54, 1.807) is 36.8 Å². The van der Waals surface area contributed by atoms with Crippen LogP contribution in [0.5, 0.6) is 0 Å². The molecule has 5 nitrogen and oxygen atoms in total. The Balaban J connectivity index is 1.77. The lowest BCUT2D eigenvalue weighted by atomic mass is 9.79. The van der Waals surface area contributed by atoms with Crippen molar-refractivity contribution < 1.29 is 4.21 Å². The second kappa shape index (κ2) is 5.85. The zero-order chi connectivity index (χ0) is 16.0. The molecule has 1 aromatic rings. The molecule has 124 valence electrons. The fraction of sp³-hybridized carbons (Fsp3) is 0.800. The van der Waals surface area contributed by atoms with Crippen LogP contribution >= 0.6 is 11.3 Å². The van der Waals surface area contributed by atoms with Crippen LogP contribution in [0.2, 0.25) is 0 Å². The third kappa shape index (κ3) is 3.09. The summed E-state index contributed by atoms with van der Waals surface area (Å²) in [6.45, 7) is 0. The number of hydrogen-bond donors (Lipinski definition) is 0. The monoisotopic (exact) mass is 342 g/mol. The van der Waals surface area contributed by atoms with Gasteiger partial charge >= 0.3 is 0 Å². The molecule has 0 saturated heterocycles. The Kier molecular flexibility index (Phi) is 4.35. The summed E-state index contributed by atoms with van der Waals surface area (Å²) in [5, 5.41) is 2.74. The van der Waals surface area contributed by atoms with Crippen LogP contribution in [-0.4, -0.2) is 46.0 Å². The van der Waals surface area contributed by atoms with Crippen molar-refractivity contribution in [3.05, 3.63) is 11.1 Å². The van der Waals surface area contributed by atoms with Gasteiger partial charge in [-0.1, -0.05) is 0 Å². The first-order valence-electron chi connectivity index (χ1n) is 7.92. The molecule has 2 saturated carbocycles. The minimum atomic E-state index is -2.56. The topological polar surface area (TPSA) is 48.8 Å². The molecule has 1 aromatic heterocycles. The van der Waals surface area contributed by atoms with Crippen molar-refractivity contribution in [1.82, 2.24) is 13.6 Å². The van der Waals surface area contributed by atoms with Crippen molar-refractivity contribution in [2.45, 2.75) is 44.4 Å². The van der Waals surface area contributed by atoms with E-state index in [2.05, 4.69) is 14.7 Å². The summed E-state index contributed by atoms with van der Waals surface area (Å²) in [5.41, 5.74) is 1.86. The molecule has 0 bridgehead atoms. The van der Waals surface area contributed by atoms with Gasteiger partial charge in [0.25, 0.3) is 0 Å². The summed E-state index contributed by atoms with van der Waals surface area (Å²) in [4.78, 5) is 4.67. The first kappa shape index (κ1) is 16.4. The summed E-state index contributed by atoms with van der Waals surface area (Å²) in [6.07, 6.45) is 8.08. The molecular weight excluding hydrogens is 316 g/mol. The van der Waals surface area contributed by atoms with Crippen LogP contribution < -0.4 is 0 Å². The lowest BCUT2D eigenvalue weighted by Crippen LogP contribution is -2.34. The molecule has 2 fully saturated rings. The van der Waals surface area contributed by atoms with Gasteiger partial charge in [0.15, 0.2) is 10.1 Å². The molecule has 1 spiro atoms. The molecule has 2 aliphatic carbocycles. The van der Waals surface area contributed by atoms with Crippen molar-refractivity contribution in [2.24, 2.45) is 9.78 Å². The Bertz CT molecular complexity index is 630. The number of rotatable bonds is 4. The molecule has 0 aromatic carbocycles. The van der Waals surface area contributed by atoms with Gasteiger partial charge in [-0.25, -0.2) is 17.8 Å². The van der Waals surface area contributed by atoms with E-state index in [1.165, 1.54) is 49.9 Å². The van der Waals surface area contributed by atoms with Gasteiger partial charge in [0.1, 0.15) is 0 Å². The predicted molar refractivity (Wildman–Crippen MR) is 92.6 cm³/mol. The van der Waals surface area contributed by atoms with E-state index in [0.717, 1.165) is 5.69 Å². The highest BCUT2D eigenvalue weighted by Crippen LogP contribution is 2.58. The van der Waals surface area contributed by atoms with E-state index in [-0.39, 0.29) is 0 Å². The number of aromatic nitrogens is 1. The highest BCUT2D eigenvalue weighted by Gasteiger charge is 2.45. The average Bonchev–Trinajstić information content (AvgIpc) is 3.06. The smallest absolute Gasteiger partial charge is 0.220 e. The van der Waals surface area contributed by atoms with Crippen molar-refractivity contribution in [1.29, 1.82) is 0 Å². The van der Waals surface area contributed by atoms with Crippen molar-refractivity contribution in [3.8, 4) is 0 Å². The summed E-state index contributed by atoms with van der Waals surface area (Å²) < 4.78 is 20.6. The van der Waals surface area contributed by atoms with Gasteiger partial charge < -0.3 is 0 Å². The van der Waals surface area contributed by atoms with Crippen molar-refractivity contribution >= 4 is 26.6 Å². The first-order chi connectivity index (χ1) is 10.3. The summed E-state index contributed by atoms with van der Waals surface area (Å²) in [7, 11) is 4.59. The third-order valence-electron chi connectivity index (χ3n) is 5.08. The number of nitrogens with zero attached hydrogens (tertiary/aromatic N) is 4. The van der Waals surface area contributed by atoms with E-state index < -0.39 is 10.1 Å². The van der Waals surface area contributed by atoms with E-state index in [0.29, 0.717) is 16.5 Å². The standard InChI is InChI=1S/C15H26N4OS2/c1-18(2)22(20,19(3)4)17-14-16-13(11-21-14)12-5-7-15(8-6-12)9-10-15/h11-12H,5-10H2,1-4H3. The average molecular weight is 343 g/mol. The van der Waals surface area contributed by atoms with Crippen LogP contribution in [0.3, 0.4) is 0 Å². The maximum atomic E-state index is 12.9. The Morgan fingerprint density at radius 3 is 2.27 bits per heavy atom.